The summed E-state index contributed by atoms with van der Waals surface area (Å²) in [5, 5.41) is 2.71. The molecule has 0 fully saturated rings. The molecule has 0 aliphatic carbocycles. The topological polar surface area (TPSA) is 137 Å². The first-order valence-electron chi connectivity index (χ1n) is 12.2. The largest absolute Gasteiger partial charge is 0.466 e. The van der Waals surface area contributed by atoms with Crippen molar-refractivity contribution in [2.24, 2.45) is 0 Å². The summed E-state index contributed by atoms with van der Waals surface area (Å²) in [4.78, 5) is 51.6. The third-order valence-electron chi connectivity index (χ3n) is 4.03. The van der Waals surface area contributed by atoms with Crippen LogP contribution in [-0.2, 0) is 35.1 Å². The van der Waals surface area contributed by atoms with E-state index in [0.717, 1.165) is 0 Å². The Morgan fingerprint density at radius 3 is 2.24 bits per heavy atom. The molecular weight excluding hydrogens is 484 g/mol. The van der Waals surface area contributed by atoms with Gasteiger partial charge >= 0.3 is 24.1 Å². The molecule has 1 aromatic rings. The molecule has 0 aliphatic rings. The number of hydrogen-bond donors (Lipinski definition) is 1. The second-order valence-electron chi connectivity index (χ2n) is 7.48. The van der Waals surface area contributed by atoms with E-state index in [1.54, 1.807) is 60.2 Å². The van der Waals surface area contributed by atoms with Crippen LogP contribution in [0.15, 0.2) is 18.3 Å². The molecule has 12 heteroatoms. The van der Waals surface area contributed by atoms with Gasteiger partial charge in [0.2, 0.25) is 0 Å². The van der Waals surface area contributed by atoms with E-state index in [9.17, 15) is 19.2 Å². The highest BCUT2D eigenvalue weighted by atomic mass is 16.6. The fourth-order valence-corrected chi connectivity index (χ4v) is 2.41. The van der Waals surface area contributed by atoms with Crippen molar-refractivity contribution in [3.63, 3.8) is 0 Å². The van der Waals surface area contributed by atoms with Gasteiger partial charge in [0, 0.05) is 39.3 Å². The van der Waals surface area contributed by atoms with Crippen molar-refractivity contribution in [3.05, 3.63) is 23.9 Å². The van der Waals surface area contributed by atoms with E-state index in [-0.39, 0.29) is 37.3 Å². The maximum Gasteiger partial charge on any atom is 0.415 e. The van der Waals surface area contributed by atoms with Gasteiger partial charge < -0.3 is 29.2 Å². The molecule has 1 heterocycles. The average Bonchev–Trinajstić information content (AvgIpc) is 2.86. The van der Waals surface area contributed by atoms with Gasteiger partial charge in [-0.2, -0.15) is 0 Å². The normalized spacial score (nSPS) is 9.57. The van der Waals surface area contributed by atoms with Gasteiger partial charge in [-0.05, 0) is 40.3 Å². The summed E-state index contributed by atoms with van der Waals surface area (Å²) >= 11 is 0. The maximum absolute atomic E-state index is 11.9. The number of esters is 2. The summed E-state index contributed by atoms with van der Waals surface area (Å²) in [6.45, 7) is 12.0. The number of pyridine rings is 1. The predicted octanol–water partition coefficient (Wildman–Crippen LogP) is 3.38. The van der Waals surface area contributed by atoms with E-state index < -0.39 is 6.09 Å². The number of aromatic nitrogens is 1. The van der Waals surface area contributed by atoms with Crippen LogP contribution in [0.25, 0.3) is 0 Å². The summed E-state index contributed by atoms with van der Waals surface area (Å²) in [5.41, 5.74) is 0.630. The Balaban J connectivity index is 0. The molecule has 1 rings (SSSR count). The molecule has 0 unspecified atom stereocenters. The third-order valence-corrected chi connectivity index (χ3v) is 4.03. The molecule has 1 N–H and O–H groups in total. The first-order chi connectivity index (χ1) is 17.5. The third kappa shape index (κ3) is 17.6. The molecule has 0 saturated carbocycles. The van der Waals surface area contributed by atoms with E-state index >= 15 is 0 Å². The molecule has 1 aromatic heterocycles. The van der Waals surface area contributed by atoms with Crippen LogP contribution < -0.4 is 10.2 Å². The lowest BCUT2D eigenvalue weighted by Crippen LogP contribution is -2.31. The van der Waals surface area contributed by atoms with Crippen molar-refractivity contribution in [2.45, 2.75) is 60.7 Å². The summed E-state index contributed by atoms with van der Waals surface area (Å²) in [7, 11) is 4.87. The highest BCUT2D eigenvalue weighted by Crippen LogP contribution is 2.18. The lowest BCUT2D eigenvalue weighted by Gasteiger charge is -2.20. The van der Waals surface area contributed by atoms with Gasteiger partial charge in [0.15, 0.2) is 0 Å². The fourth-order valence-electron chi connectivity index (χ4n) is 2.41. The van der Waals surface area contributed by atoms with Crippen molar-refractivity contribution >= 4 is 29.9 Å². The number of rotatable bonds is 11. The first-order valence-corrected chi connectivity index (χ1v) is 12.2. The monoisotopic (exact) mass is 528 g/mol. The van der Waals surface area contributed by atoms with E-state index in [2.05, 4.69) is 10.3 Å². The van der Waals surface area contributed by atoms with E-state index in [0.29, 0.717) is 37.6 Å². The van der Waals surface area contributed by atoms with Crippen LogP contribution in [0.3, 0.4) is 0 Å². The van der Waals surface area contributed by atoms with Gasteiger partial charge in [0.05, 0.1) is 25.9 Å². The number of carbonyl (C=O) groups is 4. The molecule has 0 saturated heterocycles. The molecule has 12 nitrogen and oxygen atoms in total. The number of nitrogens with one attached hydrogen (secondary N) is 1. The molecule has 0 aromatic carbocycles. The zero-order valence-corrected chi connectivity index (χ0v) is 23.7. The van der Waals surface area contributed by atoms with E-state index in [1.807, 2.05) is 13.8 Å². The maximum atomic E-state index is 11.9. The van der Waals surface area contributed by atoms with Crippen molar-refractivity contribution in [1.82, 2.24) is 15.2 Å². The molecule has 212 valence electrons. The number of ether oxygens (including phenoxy) is 4. The Labute approximate surface area is 220 Å². The second kappa shape index (κ2) is 21.8. The molecular formula is C25H44N4O8. The highest BCUT2D eigenvalue weighted by molar-refractivity contribution is 5.86. The summed E-state index contributed by atoms with van der Waals surface area (Å²) < 4.78 is 19.7. The number of nitrogens with zero attached hydrogens (tertiary/aromatic N) is 3. The van der Waals surface area contributed by atoms with Crippen LogP contribution in [0.5, 0.6) is 0 Å². The van der Waals surface area contributed by atoms with Gasteiger partial charge in [-0.15, -0.1) is 0 Å². The predicted molar refractivity (Wildman–Crippen MR) is 140 cm³/mol. The Hall–Kier alpha value is -3.41. The smallest absolute Gasteiger partial charge is 0.415 e. The number of anilines is 1. The Morgan fingerprint density at radius 1 is 1.05 bits per heavy atom. The zero-order chi connectivity index (χ0) is 28.8. The van der Waals surface area contributed by atoms with Crippen LogP contribution in [0.2, 0.25) is 0 Å². The molecule has 37 heavy (non-hydrogen) atoms. The highest BCUT2D eigenvalue weighted by Gasteiger charge is 2.18. The number of likely N-dealkylation sites (N-methyl/N-ethyl adjacent to an activating group) is 1. The van der Waals surface area contributed by atoms with Crippen LogP contribution >= 0.6 is 0 Å². The lowest BCUT2D eigenvalue weighted by atomic mass is 10.2. The lowest BCUT2D eigenvalue weighted by molar-refractivity contribution is -0.144. The van der Waals surface area contributed by atoms with Crippen LogP contribution in [0.1, 0.15) is 53.5 Å². The van der Waals surface area contributed by atoms with Crippen LogP contribution in [-0.4, -0.2) is 87.6 Å². The van der Waals surface area contributed by atoms with Gasteiger partial charge in [0.25, 0.3) is 0 Å². The standard InChI is InChI=1S/C14H21N3O4.C9H17NO4.C2H6/c1-10(2)21-14(19)17(4)13-11(6-5-7-16-13)9-20-12(18)8-15-3;1-4-13-9(12)10(3)6-5-7-14-8(2)11;1-2/h5-7,10,15H,8-9H2,1-4H3;4-7H2,1-3H3;1-2H3. The number of hydrogen-bond acceptors (Lipinski definition) is 10. The minimum Gasteiger partial charge on any atom is -0.466 e. The zero-order valence-electron chi connectivity index (χ0n) is 23.7. The van der Waals surface area contributed by atoms with Gasteiger partial charge in [-0.3, -0.25) is 14.5 Å². The van der Waals surface area contributed by atoms with Crippen molar-refractivity contribution < 1.29 is 38.1 Å². The Kier molecular flexibility index (Phi) is 21.1. The van der Waals surface area contributed by atoms with Crippen LogP contribution in [0, 0.1) is 0 Å². The molecule has 0 aliphatic heterocycles. The summed E-state index contributed by atoms with van der Waals surface area (Å²) in [6.07, 6.45) is 1.10. The minimum atomic E-state index is -0.508. The minimum absolute atomic E-state index is 0.0446. The average molecular weight is 529 g/mol. The van der Waals surface area contributed by atoms with Gasteiger partial charge in [-0.25, -0.2) is 14.6 Å². The summed E-state index contributed by atoms with van der Waals surface area (Å²) in [5.74, 6) is -0.274. The van der Waals surface area contributed by atoms with Crippen molar-refractivity contribution in [3.8, 4) is 0 Å². The number of amides is 2. The van der Waals surface area contributed by atoms with Crippen molar-refractivity contribution in [2.75, 3.05) is 52.3 Å². The van der Waals surface area contributed by atoms with Crippen LogP contribution in [0.4, 0.5) is 15.4 Å². The van der Waals surface area contributed by atoms with E-state index in [4.69, 9.17) is 18.9 Å². The quantitative estimate of drug-likeness (QED) is 0.258. The first kappa shape index (κ1) is 35.8. The molecule has 0 bridgehead atoms. The van der Waals surface area contributed by atoms with Crippen molar-refractivity contribution in [1.29, 1.82) is 0 Å². The van der Waals surface area contributed by atoms with Gasteiger partial charge in [0.1, 0.15) is 12.4 Å². The SMILES string of the molecule is CC.CCOC(=O)N(C)CCCOC(C)=O.CNCC(=O)OCc1cccnc1N(C)C(=O)OC(C)C. The second-order valence-corrected chi connectivity index (χ2v) is 7.48. The molecule has 0 spiro atoms. The molecule has 0 atom stereocenters. The molecule has 0 radical (unpaired) electrons. The van der Waals surface area contributed by atoms with Gasteiger partial charge in [-0.1, -0.05) is 19.9 Å². The number of carbonyl (C=O) groups excluding carboxylic acids is 4. The van der Waals surface area contributed by atoms with E-state index in [1.165, 1.54) is 16.7 Å². The Bertz CT molecular complexity index is 805. The fraction of sp³-hybridized carbons (Fsp3) is 0.640. The molecule has 2 amide bonds. The summed E-state index contributed by atoms with van der Waals surface area (Å²) in [6, 6.07) is 3.46. The Morgan fingerprint density at radius 2 is 1.70 bits per heavy atom.